The summed E-state index contributed by atoms with van der Waals surface area (Å²) in [6.45, 7) is -1.01. The first kappa shape index (κ1) is 26.9. The first-order valence-corrected chi connectivity index (χ1v) is 14.3. The summed E-state index contributed by atoms with van der Waals surface area (Å²) >= 11 is 2.38. The van der Waals surface area contributed by atoms with E-state index in [1.807, 2.05) is 4.90 Å². The Kier molecular flexibility index (Phi) is 8.30. The van der Waals surface area contributed by atoms with E-state index in [-0.39, 0.29) is 34.7 Å². The molecule has 1 aliphatic rings. The van der Waals surface area contributed by atoms with Crippen LogP contribution in [0.2, 0.25) is 0 Å². The van der Waals surface area contributed by atoms with Crippen molar-refractivity contribution in [2.24, 2.45) is 0 Å². The average Bonchev–Trinajstić information content (AvgIpc) is 3.44. The van der Waals surface area contributed by atoms with Crippen molar-refractivity contribution in [1.82, 2.24) is 4.31 Å². The lowest BCUT2D eigenvalue weighted by molar-refractivity contribution is -0.114. The van der Waals surface area contributed by atoms with Crippen molar-refractivity contribution in [2.75, 3.05) is 37.0 Å². The predicted octanol–water partition coefficient (Wildman–Crippen LogP) is 4.98. The third kappa shape index (κ3) is 5.42. The zero-order chi connectivity index (χ0) is 25.9. The standard InChI is InChI=1S/C24H24F4N2O3S3/c25-16-24(31,23(27)28)17-7-9-18(10-8-17)30-12-11-29(36(32,33)22-6-3-13-34-22)14-19(30)15-35-21-5-2-1-4-20(21)26/h1-10,13,19,23,31H,11-12,14-16H2/t19-,24?/m1/s1. The summed E-state index contributed by atoms with van der Waals surface area (Å²) < 4.78 is 81.9. The van der Waals surface area contributed by atoms with Crippen molar-refractivity contribution in [3.63, 3.8) is 0 Å². The monoisotopic (exact) mass is 560 g/mol. The van der Waals surface area contributed by atoms with Gasteiger partial charge in [-0.15, -0.1) is 23.1 Å². The first-order chi connectivity index (χ1) is 17.2. The van der Waals surface area contributed by atoms with Gasteiger partial charge in [0.1, 0.15) is 16.7 Å². The largest absolute Gasteiger partial charge is 0.377 e. The third-order valence-corrected chi connectivity index (χ3v) is 10.5. The van der Waals surface area contributed by atoms with Gasteiger partial charge in [0.05, 0.1) is 6.04 Å². The van der Waals surface area contributed by atoms with Crippen LogP contribution < -0.4 is 4.90 Å². The normalized spacial score (nSPS) is 18.9. The van der Waals surface area contributed by atoms with E-state index in [4.69, 9.17) is 0 Å². The van der Waals surface area contributed by atoms with Crippen LogP contribution in [0.3, 0.4) is 0 Å². The summed E-state index contributed by atoms with van der Waals surface area (Å²) in [7, 11) is -3.70. The second kappa shape index (κ2) is 11.1. The van der Waals surface area contributed by atoms with Crippen molar-refractivity contribution in [1.29, 1.82) is 0 Å². The Bertz CT molecular complexity index is 1260. The highest BCUT2D eigenvalue weighted by molar-refractivity contribution is 7.99. The fourth-order valence-corrected chi connectivity index (χ4v) is 7.67. The molecule has 0 radical (unpaired) electrons. The Morgan fingerprint density at radius 1 is 1.08 bits per heavy atom. The van der Waals surface area contributed by atoms with Crippen LogP contribution in [0.15, 0.2) is 75.1 Å². The predicted molar refractivity (Wildman–Crippen MR) is 134 cm³/mol. The zero-order valence-corrected chi connectivity index (χ0v) is 21.4. The molecule has 2 atom stereocenters. The van der Waals surface area contributed by atoms with Crippen molar-refractivity contribution in [2.45, 2.75) is 27.2 Å². The molecule has 1 fully saturated rings. The lowest BCUT2D eigenvalue weighted by atomic mass is 9.95. The molecular weight excluding hydrogens is 536 g/mol. The van der Waals surface area contributed by atoms with Crippen molar-refractivity contribution < 1.29 is 31.1 Å². The van der Waals surface area contributed by atoms with Gasteiger partial charge in [-0.3, -0.25) is 0 Å². The van der Waals surface area contributed by atoms with E-state index in [0.717, 1.165) is 11.3 Å². The van der Waals surface area contributed by atoms with Crippen molar-refractivity contribution in [3.8, 4) is 0 Å². The van der Waals surface area contributed by atoms with E-state index in [1.54, 1.807) is 35.7 Å². The van der Waals surface area contributed by atoms with Crippen molar-refractivity contribution >= 4 is 38.8 Å². The Labute approximate surface area is 215 Å². The number of halogens is 4. The Morgan fingerprint density at radius 3 is 2.42 bits per heavy atom. The van der Waals surface area contributed by atoms with Crippen molar-refractivity contribution in [3.05, 3.63) is 77.4 Å². The van der Waals surface area contributed by atoms with Crippen LogP contribution in [0.5, 0.6) is 0 Å². The number of hydrogen-bond donors (Lipinski definition) is 1. The number of sulfonamides is 1. The number of piperazine rings is 1. The van der Waals surface area contributed by atoms with Crippen LogP contribution in [0.1, 0.15) is 5.56 Å². The fraction of sp³-hybridized carbons (Fsp3) is 0.333. The third-order valence-electron chi connectivity index (χ3n) is 6.07. The van der Waals surface area contributed by atoms with Gasteiger partial charge in [0, 0.05) is 36.0 Å². The van der Waals surface area contributed by atoms with E-state index < -0.39 is 28.7 Å². The molecule has 0 amide bonds. The molecule has 4 rings (SSSR count). The highest BCUT2D eigenvalue weighted by Crippen LogP contribution is 2.33. The summed E-state index contributed by atoms with van der Waals surface area (Å²) in [5.41, 5.74) is -2.55. The minimum atomic E-state index is -3.70. The Morgan fingerprint density at radius 2 is 1.81 bits per heavy atom. The number of aliphatic hydroxyl groups is 1. The number of rotatable bonds is 9. The molecule has 1 unspecified atom stereocenters. The Balaban J connectivity index is 1.60. The van der Waals surface area contributed by atoms with E-state index in [1.165, 1.54) is 46.4 Å². The molecule has 0 aliphatic carbocycles. The van der Waals surface area contributed by atoms with Gasteiger partial charge in [0.25, 0.3) is 16.4 Å². The van der Waals surface area contributed by atoms with Crippen LogP contribution in [0.25, 0.3) is 0 Å². The van der Waals surface area contributed by atoms with Crippen LogP contribution in [-0.4, -0.2) is 62.4 Å². The number of nitrogens with zero attached hydrogens (tertiary/aromatic N) is 2. The molecule has 0 spiro atoms. The van der Waals surface area contributed by atoms with E-state index in [9.17, 15) is 31.1 Å². The molecule has 1 saturated heterocycles. The molecule has 3 aromatic rings. The molecule has 0 saturated carbocycles. The van der Waals surface area contributed by atoms with Gasteiger partial charge in [0.15, 0.2) is 5.60 Å². The molecule has 0 bridgehead atoms. The second-order valence-electron chi connectivity index (χ2n) is 8.29. The van der Waals surface area contributed by atoms with Gasteiger partial charge in [0.2, 0.25) is 0 Å². The minimum Gasteiger partial charge on any atom is -0.377 e. The summed E-state index contributed by atoms with van der Waals surface area (Å²) in [5.74, 6) is -0.0280. The highest BCUT2D eigenvalue weighted by Gasteiger charge is 2.40. The lowest BCUT2D eigenvalue weighted by Gasteiger charge is -2.42. The topological polar surface area (TPSA) is 60.9 Å². The number of benzene rings is 2. The molecule has 5 nitrogen and oxygen atoms in total. The van der Waals surface area contributed by atoms with Gasteiger partial charge in [-0.1, -0.05) is 30.3 Å². The maximum atomic E-state index is 14.2. The molecule has 2 aromatic carbocycles. The quantitative estimate of drug-likeness (QED) is 0.296. The maximum Gasteiger partial charge on any atom is 0.273 e. The maximum absolute atomic E-state index is 14.2. The second-order valence-corrected chi connectivity index (χ2v) is 12.5. The summed E-state index contributed by atoms with van der Waals surface area (Å²) in [4.78, 5) is 2.35. The molecule has 36 heavy (non-hydrogen) atoms. The first-order valence-electron chi connectivity index (χ1n) is 11.0. The average molecular weight is 561 g/mol. The minimum absolute atomic E-state index is 0.134. The van der Waals surface area contributed by atoms with Gasteiger partial charge in [-0.2, -0.15) is 4.31 Å². The lowest BCUT2D eigenvalue weighted by Crippen LogP contribution is -2.55. The molecule has 1 N–H and O–H groups in total. The number of alkyl halides is 3. The number of hydrogen-bond acceptors (Lipinski definition) is 6. The Hall–Kier alpha value is -2.12. The summed E-state index contributed by atoms with van der Waals surface area (Å²) in [5, 5.41) is 11.7. The molecule has 12 heteroatoms. The van der Waals surface area contributed by atoms with Crippen LogP contribution in [-0.2, 0) is 15.6 Å². The zero-order valence-electron chi connectivity index (χ0n) is 18.9. The van der Waals surface area contributed by atoms with Crippen LogP contribution in [0, 0.1) is 5.82 Å². The highest BCUT2D eigenvalue weighted by atomic mass is 32.2. The van der Waals surface area contributed by atoms with Crippen LogP contribution >= 0.6 is 23.1 Å². The smallest absolute Gasteiger partial charge is 0.273 e. The molecule has 194 valence electrons. The van der Waals surface area contributed by atoms with Gasteiger partial charge in [-0.05, 0) is 41.3 Å². The number of anilines is 1. The molecule has 2 heterocycles. The molecular formula is C24H24F4N2O3S3. The van der Waals surface area contributed by atoms with E-state index in [2.05, 4.69) is 0 Å². The van der Waals surface area contributed by atoms with Gasteiger partial charge < -0.3 is 10.0 Å². The van der Waals surface area contributed by atoms with Gasteiger partial charge >= 0.3 is 0 Å². The number of thiophene rings is 1. The fourth-order valence-electron chi connectivity index (χ4n) is 4.02. The molecule has 1 aliphatic heterocycles. The van der Waals surface area contributed by atoms with Gasteiger partial charge in [-0.25, -0.2) is 26.0 Å². The SMILES string of the molecule is O=S(=O)(c1cccs1)N1CCN(c2ccc(C(O)(CF)C(F)F)cc2)[C@@H](CSc2ccccc2F)C1. The van der Waals surface area contributed by atoms with E-state index >= 15 is 0 Å². The molecule has 1 aromatic heterocycles. The van der Waals surface area contributed by atoms with E-state index in [0.29, 0.717) is 22.9 Å². The summed E-state index contributed by atoms with van der Waals surface area (Å²) in [6, 6.07) is 14.6. The van der Waals surface area contributed by atoms with Crippen LogP contribution in [0.4, 0.5) is 23.2 Å². The summed E-state index contributed by atoms with van der Waals surface area (Å²) in [6.07, 6.45) is -3.30. The number of thioether (sulfide) groups is 1.